The van der Waals surface area contributed by atoms with Crippen LogP contribution in [0.4, 0.5) is 4.79 Å². The fraction of sp³-hybridized carbons (Fsp3) is 0.750. The molecule has 4 nitrogen and oxygen atoms in total. The number of alkyl carbamates (subject to hydrolysis) is 1. The van der Waals surface area contributed by atoms with Gasteiger partial charge in [0.25, 0.3) is 0 Å². The van der Waals surface area contributed by atoms with E-state index in [-0.39, 0.29) is 0 Å². The van der Waals surface area contributed by atoms with Crippen molar-refractivity contribution in [2.75, 3.05) is 6.61 Å². The third-order valence-corrected chi connectivity index (χ3v) is 1.40. The molecule has 0 saturated carbocycles. The van der Waals surface area contributed by atoms with Gasteiger partial charge in [-0.25, -0.2) is 4.79 Å². The highest BCUT2D eigenvalue weighted by Gasteiger charge is 1.97. The summed E-state index contributed by atoms with van der Waals surface area (Å²) in [6, 6.07) is 0. The topological polar surface area (TPSA) is 62.2 Å². The molecule has 4 heteroatoms. The lowest BCUT2D eigenvalue weighted by molar-refractivity contribution is 0.149. The second-order valence-corrected chi connectivity index (χ2v) is 2.45. The molecule has 0 aliphatic carbocycles. The van der Waals surface area contributed by atoms with Crippen molar-refractivity contribution in [2.24, 2.45) is 0 Å². The maximum Gasteiger partial charge on any atom is 0.412 e. The number of hydrogen-bond acceptors (Lipinski definition) is 3. The SMILES string of the molecule is CCCCCCOC(=O)N[C]=N. The Balaban J connectivity index is 3.08. The molecule has 0 atom stereocenters. The molecular formula is C8H15N2O2. The summed E-state index contributed by atoms with van der Waals surface area (Å²) in [4.78, 5) is 10.6. The molecule has 0 saturated heterocycles. The van der Waals surface area contributed by atoms with Crippen molar-refractivity contribution in [3.05, 3.63) is 0 Å². The first-order valence-corrected chi connectivity index (χ1v) is 4.15. The van der Waals surface area contributed by atoms with Crippen LogP contribution in [0.15, 0.2) is 0 Å². The Labute approximate surface area is 72.8 Å². The van der Waals surface area contributed by atoms with Crippen LogP contribution in [0.5, 0.6) is 0 Å². The molecule has 0 bridgehead atoms. The minimum absolute atomic E-state index is 0.424. The maximum absolute atomic E-state index is 10.6. The Hall–Kier alpha value is -1.06. The third kappa shape index (κ3) is 7.05. The van der Waals surface area contributed by atoms with E-state index >= 15 is 0 Å². The molecule has 0 aliphatic rings. The normalized spacial score (nSPS) is 9.08. The summed E-state index contributed by atoms with van der Waals surface area (Å²) >= 11 is 0. The molecular weight excluding hydrogens is 156 g/mol. The van der Waals surface area contributed by atoms with Crippen LogP contribution in [0.3, 0.4) is 0 Å². The van der Waals surface area contributed by atoms with Crippen molar-refractivity contribution in [1.29, 1.82) is 5.41 Å². The van der Waals surface area contributed by atoms with Crippen LogP contribution in [0, 0.1) is 5.41 Å². The predicted octanol–water partition coefficient (Wildman–Crippen LogP) is 1.78. The highest BCUT2D eigenvalue weighted by Crippen LogP contribution is 1.98. The van der Waals surface area contributed by atoms with Crippen LogP contribution in [-0.4, -0.2) is 19.0 Å². The van der Waals surface area contributed by atoms with E-state index in [9.17, 15) is 4.79 Å². The molecule has 0 aromatic heterocycles. The summed E-state index contributed by atoms with van der Waals surface area (Å²) < 4.78 is 4.70. The van der Waals surface area contributed by atoms with Crippen LogP contribution in [0.2, 0.25) is 0 Å². The van der Waals surface area contributed by atoms with Crippen LogP contribution in [0.25, 0.3) is 0 Å². The first-order chi connectivity index (χ1) is 5.81. The van der Waals surface area contributed by atoms with Gasteiger partial charge in [0.05, 0.1) is 6.61 Å². The summed E-state index contributed by atoms with van der Waals surface area (Å²) in [5.41, 5.74) is 0. The Morgan fingerprint density at radius 2 is 2.25 bits per heavy atom. The van der Waals surface area contributed by atoms with Crippen LogP contribution >= 0.6 is 0 Å². The molecule has 12 heavy (non-hydrogen) atoms. The van der Waals surface area contributed by atoms with Gasteiger partial charge in [0.2, 0.25) is 0 Å². The highest BCUT2D eigenvalue weighted by atomic mass is 16.5. The summed E-state index contributed by atoms with van der Waals surface area (Å²) in [7, 11) is 0. The van der Waals surface area contributed by atoms with Gasteiger partial charge in [-0.15, -0.1) is 0 Å². The summed E-state index contributed by atoms with van der Waals surface area (Å²) in [5, 5.41) is 8.41. The van der Waals surface area contributed by atoms with Crippen molar-refractivity contribution in [2.45, 2.75) is 32.6 Å². The highest BCUT2D eigenvalue weighted by molar-refractivity contribution is 5.80. The molecule has 0 rings (SSSR count). The van der Waals surface area contributed by atoms with E-state index in [1.54, 1.807) is 6.34 Å². The fourth-order valence-corrected chi connectivity index (χ4v) is 0.781. The van der Waals surface area contributed by atoms with Crippen LogP contribution in [0.1, 0.15) is 32.6 Å². The average molecular weight is 171 g/mol. The minimum atomic E-state index is -0.596. The van der Waals surface area contributed by atoms with E-state index in [0.717, 1.165) is 12.8 Å². The quantitative estimate of drug-likeness (QED) is 0.277. The van der Waals surface area contributed by atoms with Crippen molar-refractivity contribution in [3.8, 4) is 0 Å². The lowest BCUT2D eigenvalue weighted by atomic mass is 10.2. The van der Waals surface area contributed by atoms with Crippen molar-refractivity contribution < 1.29 is 9.53 Å². The van der Waals surface area contributed by atoms with E-state index < -0.39 is 6.09 Å². The molecule has 1 amide bonds. The van der Waals surface area contributed by atoms with Gasteiger partial charge in [-0.3, -0.25) is 10.7 Å². The van der Waals surface area contributed by atoms with Crippen LogP contribution < -0.4 is 5.32 Å². The number of carbonyl (C=O) groups excluding carboxylic acids is 1. The van der Waals surface area contributed by atoms with Gasteiger partial charge < -0.3 is 4.74 Å². The van der Waals surface area contributed by atoms with E-state index in [1.807, 2.05) is 5.32 Å². The molecule has 69 valence electrons. The lowest BCUT2D eigenvalue weighted by Crippen LogP contribution is -2.22. The predicted molar refractivity (Wildman–Crippen MR) is 46.4 cm³/mol. The Kier molecular flexibility index (Phi) is 7.33. The number of rotatable bonds is 6. The largest absolute Gasteiger partial charge is 0.449 e. The Morgan fingerprint density at radius 1 is 1.50 bits per heavy atom. The van der Waals surface area contributed by atoms with E-state index in [0.29, 0.717) is 6.61 Å². The first kappa shape index (κ1) is 10.9. The van der Waals surface area contributed by atoms with Crippen LogP contribution in [-0.2, 0) is 4.74 Å². The van der Waals surface area contributed by atoms with Gasteiger partial charge >= 0.3 is 6.09 Å². The standard InChI is InChI=1S/C8H15N2O2/c1-2-3-4-5-6-12-8(11)10-7-9/h2-6H2,1H3,(H2,9,10,11). The Bertz CT molecular complexity index is 137. The number of amides is 1. The molecule has 0 aromatic rings. The number of carbonyl (C=O) groups is 1. The van der Waals surface area contributed by atoms with E-state index in [4.69, 9.17) is 10.1 Å². The molecule has 1 radical (unpaired) electrons. The van der Waals surface area contributed by atoms with Gasteiger partial charge in [-0.2, -0.15) is 0 Å². The second-order valence-electron chi connectivity index (χ2n) is 2.45. The smallest absolute Gasteiger partial charge is 0.412 e. The zero-order chi connectivity index (χ0) is 9.23. The zero-order valence-corrected chi connectivity index (χ0v) is 7.35. The lowest BCUT2D eigenvalue weighted by Gasteiger charge is -2.01. The fourth-order valence-electron chi connectivity index (χ4n) is 0.781. The molecule has 2 N–H and O–H groups in total. The first-order valence-electron chi connectivity index (χ1n) is 4.15. The molecule has 0 aromatic carbocycles. The number of nitrogens with one attached hydrogen (secondary N) is 2. The van der Waals surface area contributed by atoms with E-state index in [1.165, 1.54) is 12.8 Å². The van der Waals surface area contributed by atoms with Gasteiger partial charge in [0.1, 0.15) is 0 Å². The number of unbranched alkanes of at least 4 members (excludes halogenated alkanes) is 3. The van der Waals surface area contributed by atoms with E-state index in [2.05, 4.69) is 6.92 Å². The van der Waals surface area contributed by atoms with Crippen molar-refractivity contribution in [3.63, 3.8) is 0 Å². The third-order valence-electron chi connectivity index (χ3n) is 1.40. The zero-order valence-electron chi connectivity index (χ0n) is 7.35. The van der Waals surface area contributed by atoms with Crippen molar-refractivity contribution in [1.82, 2.24) is 5.32 Å². The van der Waals surface area contributed by atoms with Gasteiger partial charge in [-0.1, -0.05) is 26.2 Å². The van der Waals surface area contributed by atoms with Crippen molar-refractivity contribution >= 4 is 12.4 Å². The van der Waals surface area contributed by atoms with Gasteiger partial charge in [0.15, 0.2) is 6.34 Å². The maximum atomic E-state index is 10.6. The molecule has 0 aliphatic heterocycles. The number of hydrogen-bond donors (Lipinski definition) is 2. The summed E-state index contributed by atoms with van der Waals surface area (Å²) in [6.45, 7) is 2.55. The Morgan fingerprint density at radius 3 is 2.83 bits per heavy atom. The summed E-state index contributed by atoms with van der Waals surface area (Å²) in [5.74, 6) is 0. The number of ether oxygens (including phenoxy) is 1. The van der Waals surface area contributed by atoms with Gasteiger partial charge in [-0.05, 0) is 6.42 Å². The molecule has 0 unspecified atom stereocenters. The van der Waals surface area contributed by atoms with Gasteiger partial charge in [0, 0.05) is 0 Å². The monoisotopic (exact) mass is 171 g/mol. The molecule has 0 heterocycles. The second kappa shape index (κ2) is 8.04. The minimum Gasteiger partial charge on any atom is -0.449 e. The average Bonchev–Trinajstić information content (AvgIpc) is 2.05. The summed E-state index contributed by atoms with van der Waals surface area (Å²) in [6.07, 6.45) is 5.45. The molecule has 0 spiro atoms. The molecule has 0 fully saturated rings.